The molecule has 1 aromatic carbocycles. The van der Waals surface area contributed by atoms with Crippen molar-refractivity contribution in [2.24, 2.45) is 5.92 Å². The molecular formula is C14H22N2O2. The molecule has 0 radical (unpaired) electrons. The zero-order valence-electron chi connectivity index (χ0n) is 11.1. The normalized spacial score (nSPS) is 19.6. The van der Waals surface area contributed by atoms with Crippen molar-refractivity contribution in [1.29, 1.82) is 0 Å². The Kier molecular flexibility index (Phi) is 3.97. The van der Waals surface area contributed by atoms with Crippen LogP contribution >= 0.6 is 0 Å². The van der Waals surface area contributed by atoms with Crippen LogP contribution in [0.1, 0.15) is 20.3 Å². The van der Waals surface area contributed by atoms with E-state index in [2.05, 4.69) is 4.90 Å². The number of hydrogen-bond acceptors (Lipinski definition) is 4. The first kappa shape index (κ1) is 13.0. The highest BCUT2D eigenvalue weighted by atomic mass is 16.5. The van der Waals surface area contributed by atoms with Gasteiger partial charge in [-0.2, -0.15) is 0 Å². The summed E-state index contributed by atoms with van der Waals surface area (Å²) in [6.07, 6.45) is 1.18. The number of aliphatic hydroxyl groups excluding tert-OH is 1. The maximum absolute atomic E-state index is 9.18. The molecule has 1 saturated heterocycles. The summed E-state index contributed by atoms with van der Waals surface area (Å²) in [5.41, 5.74) is 7.72. The summed E-state index contributed by atoms with van der Waals surface area (Å²) in [6, 6.07) is 5.84. The maximum atomic E-state index is 9.18. The lowest BCUT2D eigenvalue weighted by Gasteiger charge is -2.20. The Morgan fingerprint density at radius 2 is 2.22 bits per heavy atom. The summed E-state index contributed by atoms with van der Waals surface area (Å²) < 4.78 is 5.69. The van der Waals surface area contributed by atoms with Crippen LogP contribution in [0.2, 0.25) is 0 Å². The van der Waals surface area contributed by atoms with Crippen LogP contribution in [0.4, 0.5) is 11.4 Å². The lowest BCUT2D eigenvalue weighted by atomic mass is 10.1. The van der Waals surface area contributed by atoms with Gasteiger partial charge in [-0.3, -0.25) is 0 Å². The average Bonchev–Trinajstić information content (AvgIpc) is 2.75. The summed E-state index contributed by atoms with van der Waals surface area (Å²) in [7, 11) is 0. The Labute approximate surface area is 108 Å². The predicted molar refractivity (Wildman–Crippen MR) is 74.0 cm³/mol. The van der Waals surface area contributed by atoms with Crippen LogP contribution in [0, 0.1) is 5.92 Å². The number of nitrogens with two attached hydrogens (primary N) is 1. The molecule has 18 heavy (non-hydrogen) atoms. The maximum Gasteiger partial charge on any atom is 0.123 e. The van der Waals surface area contributed by atoms with E-state index in [1.807, 2.05) is 32.0 Å². The fourth-order valence-corrected chi connectivity index (χ4v) is 2.34. The highest BCUT2D eigenvalue weighted by Gasteiger charge is 2.22. The van der Waals surface area contributed by atoms with Crippen molar-refractivity contribution in [3.8, 4) is 5.75 Å². The Morgan fingerprint density at radius 1 is 1.44 bits per heavy atom. The number of nitrogen functional groups attached to an aromatic ring is 1. The third-order valence-corrected chi connectivity index (χ3v) is 3.19. The van der Waals surface area contributed by atoms with Crippen LogP contribution in [0.5, 0.6) is 5.75 Å². The van der Waals surface area contributed by atoms with E-state index in [9.17, 15) is 5.11 Å². The van der Waals surface area contributed by atoms with Crippen LogP contribution in [-0.2, 0) is 0 Å². The van der Waals surface area contributed by atoms with Gasteiger partial charge in [-0.15, -0.1) is 0 Å². The molecule has 1 aliphatic heterocycles. The lowest BCUT2D eigenvalue weighted by Crippen LogP contribution is -2.20. The Morgan fingerprint density at radius 3 is 2.83 bits per heavy atom. The van der Waals surface area contributed by atoms with Gasteiger partial charge in [0.2, 0.25) is 0 Å². The number of rotatable bonds is 4. The first-order chi connectivity index (χ1) is 8.58. The van der Waals surface area contributed by atoms with E-state index in [1.165, 1.54) is 0 Å². The number of ether oxygens (including phenoxy) is 1. The Hall–Kier alpha value is -1.42. The monoisotopic (exact) mass is 250 g/mol. The largest absolute Gasteiger partial charge is 0.491 e. The number of aliphatic hydroxyl groups is 1. The van der Waals surface area contributed by atoms with Crippen LogP contribution < -0.4 is 15.4 Å². The summed E-state index contributed by atoms with van der Waals surface area (Å²) in [5, 5.41) is 9.18. The molecule has 3 N–H and O–H groups in total. The highest BCUT2D eigenvalue weighted by Crippen LogP contribution is 2.30. The number of benzene rings is 1. The van der Waals surface area contributed by atoms with Crippen molar-refractivity contribution < 1.29 is 9.84 Å². The van der Waals surface area contributed by atoms with Gasteiger partial charge < -0.3 is 20.5 Å². The molecule has 0 aliphatic carbocycles. The van der Waals surface area contributed by atoms with Gasteiger partial charge in [0.1, 0.15) is 5.75 Å². The molecular weight excluding hydrogens is 228 g/mol. The van der Waals surface area contributed by atoms with E-state index in [0.717, 1.165) is 36.6 Å². The van der Waals surface area contributed by atoms with Crippen LogP contribution in [0.3, 0.4) is 0 Å². The molecule has 0 bridgehead atoms. The molecule has 1 heterocycles. The quantitative estimate of drug-likeness (QED) is 0.801. The third-order valence-electron chi connectivity index (χ3n) is 3.19. The molecule has 4 heteroatoms. The number of nitrogens with zero attached hydrogens (tertiary/aromatic N) is 1. The molecule has 4 nitrogen and oxygen atoms in total. The van der Waals surface area contributed by atoms with Crippen molar-refractivity contribution in [1.82, 2.24) is 0 Å². The molecule has 0 saturated carbocycles. The standard InChI is InChI=1S/C14H22N2O2/c1-10(2)18-14-6-12(15)5-13(7-14)16-4-3-11(8-16)9-17/h5-7,10-11,17H,3-4,8-9,15H2,1-2H3. The smallest absolute Gasteiger partial charge is 0.123 e. The lowest BCUT2D eigenvalue weighted by molar-refractivity contribution is 0.238. The summed E-state index contributed by atoms with van der Waals surface area (Å²) in [6.45, 7) is 6.12. The molecule has 0 amide bonds. The molecule has 1 unspecified atom stereocenters. The van der Waals surface area contributed by atoms with E-state index in [-0.39, 0.29) is 12.7 Å². The number of hydrogen-bond donors (Lipinski definition) is 2. The second-order valence-corrected chi connectivity index (χ2v) is 5.21. The highest BCUT2D eigenvalue weighted by molar-refractivity contribution is 5.61. The van der Waals surface area contributed by atoms with Gasteiger partial charge in [0.25, 0.3) is 0 Å². The molecule has 1 atom stereocenters. The number of anilines is 2. The predicted octanol–water partition coefficient (Wildman–Crippen LogP) is 1.87. The first-order valence-corrected chi connectivity index (χ1v) is 6.51. The Bertz CT molecular complexity index is 407. The topological polar surface area (TPSA) is 58.7 Å². The van der Waals surface area contributed by atoms with Crippen molar-refractivity contribution >= 4 is 11.4 Å². The van der Waals surface area contributed by atoms with Crippen molar-refractivity contribution in [2.45, 2.75) is 26.4 Å². The van der Waals surface area contributed by atoms with E-state index >= 15 is 0 Å². The van der Waals surface area contributed by atoms with E-state index in [1.54, 1.807) is 0 Å². The van der Waals surface area contributed by atoms with Crippen molar-refractivity contribution in [2.75, 3.05) is 30.3 Å². The van der Waals surface area contributed by atoms with Gasteiger partial charge in [0.05, 0.1) is 6.10 Å². The van der Waals surface area contributed by atoms with Gasteiger partial charge in [-0.05, 0) is 26.3 Å². The van der Waals surface area contributed by atoms with Crippen LogP contribution in [-0.4, -0.2) is 30.9 Å². The fraction of sp³-hybridized carbons (Fsp3) is 0.571. The minimum absolute atomic E-state index is 0.142. The molecule has 1 fully saturated rings. The van der Waals surface area contributed by atoms with Gasteiger partial charge in [0.15, 0.2) is 0 Å². The van der Waals surface area contributed by atoms with Crippen LogP contribution in [0.25, 0.3) is 0 Å². The second kappa shape index (κ2) is 5.48. The molecule has 0 spiro atoms. The van der Waals surface area contributed by atoms with Gasteiger partial charge in [0, 0.05) is 49.1 Å². The van der Waals surface area contributed by atoms with Crippen molar-refractivity contribution in [3.63, 3.8) is 0 Å². The third kappa shape index (κ3) is 3.07. The Balaban J connectivity index is 2.15. The summed E-state index contributed by atoms with van der Waals surface area (Å²) >= 11 is 0. The van der Waals surface area contributed by atoms with E-state index < -0.39 is 0 Å². The molecule has 1 aliphatic rings. The zero-order chi connectivity index (χ0) is 13.1. The first-order valence-electron chi connectivity index (χ1n) is 6.51. The van der Waals surface area contributed by atoms with Gasteiger partial charge in [-0.25, -0.2) is 0 Å². The van der Waals surface area contributed by atoms with Crippen LogP contribution in [0.15, 0.2) is 18.2 Å². The van der Waals surface area contributed by atoms with Crippen molar-refractivity contribution in [3.05, 3.63) is 18.2 Å². The molecule has 2 rings (SSSR count). The fourth-order valence-electron chi connectivity index (χ4n) is 2.34. The SMILES string of the molecule is CC(C)Oc1cc(N)cc(N2CCC(CO)C2)c1. The van der Waals surface area contributed by atoms with E-state index in [0.29, 0.717) is 5.92 Å². The van der Waals surface area contributed by atoms with E-state index in [4.69, 9.17) is 10.5 Å². The summed E-state index contributed by atoms with van der Waals surface area (Å²) in [4.78, 5) is 2.25. The average molecular weight is 250 g/mol. The molecule has 1 aromatic rings. The van der Waals surface area contributed by atoms with Gasteiger partial charge >= 0.3 is 0 Å². The molecule has 100 valence electrons. The zero-order valence-corrected chi connectivity index (χ0v) is 11.1. The summed E-state index contributed by atoms with van der Waals surface area (Å²) in [5.74, 6) is 1.19. The second-order valence-electron chi connectivity index (χ2n) is 5.21. The molecule has 0 aromatic heterocycles. The van der Waals surface area contributed by atoms with Gasteiger partial charge in [-0.1, -0.05) is 0 Å². The minimum atomic E-state index is 0.142. The minimum Gasteiger partial charge on any atom is -0.491 e.